The molecule has 5 nitrogen and oxygen atoms in total. The zero-order chi connectivity index (χ0) is 18.5. The summed E-state index contributed by atoms with van der Waals surface area (Å²) in [5, 5.41) is 34.9. The SMILES string of the molecule is CCCCCc1cc(O)c(-c2ccnn2Cc2cccc(O)c2)c(O)c1. The van der Waals surface area contributed by atoms with Gasteiger partial charge in [0.1, 0.15) is 17.2 Å². The molecule has 5 heteroatoms. The van der Waals surface area contributed by atoms with Crippen LogP contribution in [0.15, 0.2) is 48.7 Å². The largest absolute Gasteiger partial charge is 0.508 e. The highest BCUT2D eigenvalue weighted by Crippen LogP contribution is 2.38. The normalized spacial score (nSPS) is 11.0. The van der Waals surface area contributed by atoms with Crippen molar-refractivity contribution in [2.75, 3.05) is 0 Å². The van der Waals surface area contributed by atoms with Crippen LogP contribution in [0.2, 0.25) is 0 Å². The third-order valence-electron chi connectivity index (χ3n) is 4.44. The summed E-state index contributed by atoms with van der Waals surface area (Å²) in [6, 6.07) is 12.1. The molecule has 0 saturated heterocycles. The molecular formula is C21H24N2O3. The molecule has 0 aliphatic heterocycles. The molecule has 0 fully saturated rings. The van der Waals surface area contributed by atoms with Crippen molar-refractivity contribution in [3.63, 3.8) is 0 Å². The van der Waals surface area contributed by atoms with E-state index in [0.717, 1.165) is 36.8 Å². The van der Waals surface area contributed by atoms with E-state index in [4.69, 9.17) is 0 Å². The van der Waals surface area contributed by atoms with Crippen molar-refractivity contribution < 1.29 is 15.3 Å². The van der Waals surface area contributed by atoms with Crippen LogP contribution in [0.4, 0.5) is 0 Å². The lowest BCUT2D eigenvalue weighted by atomic mass is 10.0. The molecule has 0 atom stereocenters. The van der Waals surface area contributed by atoms with Crippen molar-refractivity contribution in [1.29, 1.82) is 0 Å². The van der Waals surface area contributed by atoms with Crippen LogP contribution in [0.25, 0.3) is 11.3 Å². The zero-order valence-corrected chi connectivity index (χ0v) is 14.9. The number of aryl methyl sites for hydroxylation is 1. The molecule has 3 aromatic rings. The van der Waals surface area contributed by atoms with E-state index in [1.165, 1.54) is 0 Å². The van der Waals surface area contributed by atoms with Gasteiger partial charge in [0.2, 0.25) is 0 Å². The fraction of sp³-hybridized carbons (Fsp3) is 0.286. The second kappa shape index (κ2) is 7.95. The molecule has 0 bridgehead atoms. The van der Waals surface area contributed by atoms with Gasteiger partial charge in [-0.25, -0.2) is 0 Å². The Morgan fingerprint density at radius 2 is 1.69 bits per heavy atom. The van der Waals surface area contributed by atoms with E-state index >= 15 is 0 Å². The van der Waals surface area contributed by atoms with E-state index in [-0.39, 0.29) is 17.2 Å². The number of aromatic nitrogens is 2. The van der Waals surface area contributed by atoms with Gasteiger partial charge in [0.05, 0.1) is 17.8 Å². The summed E-state index contributed by atoms with van der Waals surface area (Å²) in [6.07, 6.45) is 5.75. The van der Waals surface area contributed by atoms with Gasteiger partial charge in [-0.15, -0.1) is 0 Å². The Hall–Kier alpha value is -2.95. The highest BCUT2D eigenvalue weighted by atomic mass is 16.3. The maximum absolute atomic E-state index is 10.5. The average Bonchev–Trinajstić information content (AvgIpc) is 3.02. The van der Waals surface area contributed by atoms with Gasteiger partial charge in [0.25, 0.3) is 0 Å². The maximum Gasteiger partial charge on any atom is 0.128 e. The minimum Gasteiger partial charge on any atom is -0.508 e. The fourth-order valence-corrected chi connectivity index (χ4v) is 3.15. The Labute approximate surface area is 153 Å². The van der Waals surface area contributed by atoms with Crippen molar-refractivity contribution in [2.45, 2.75) is 39.2 Å². The average molecular weight is 352 g/mol. The molecule has 0 radical (unpaired) electrons. The first-order chi connectivity index (χ1) is 12.6. The molecule has 0 aliphatic rings. The van der Waals surface area contributed by atoms with E-state index in [1.807, 2.05) is 6.07 Å². The van der Waals surface area contributed by atoms with Crippen LogP contribution in [0.1, 0.15) is 37.3 Å². The lowest BCUT2D eigenvalue weighted by molar-refractivity contribution is 0.451. The molecule has 0 unspecified atom stereocenters. The quantitative estimate of drug-likeness (QED) is 0.549. The first-order valence-electron chi connectivity index (χ1n) is 8.93. The predicted octanol–water partition coefficient (Wildman–Crippen LogP) is 4.45. The van der Waals surface area contributed by atoms with Crippen molar-refractivity contribution in [1.82, 2.24) is 9.78 Å². The van der Waals surface area contributed by atoms with Gasteiger partial charge in [0.15, 0.2) is 0 Å². The van der Waals surface area contributed by atoms with Crippen molar-refractivity contribution in [3.8, 4) is 28.5 Å². The minimum atomic E-state index is 0.0501. The summed E-state index contributed by atoms with van der Waals surface area (Å²) < 4.78 is 1.69. The summed E-state index contributed by atoms with van der Waals surface area (Å²) in [7, 11) is 0. The number of phenols is 3. The molecule has 1 heterocycles. The highest BCUT2D eigenvalue weighted by Gasteiger charge is 2.16. The molecule has 3 rings (SSSR count). The van der Waals surface area contributed by atoms with Gasteiger partial charge in [-0.1, -0.05) is 31.9 Å². The minimum absolute atomic E-state index is 0.0501. The first kappa shape index (κ1) is 17.9. The number of hydrogen-bond acceptors (Lipinski definition) is 4. The number of phenolic OH excluding ortho intramolecular Hbond substituents is 3. The predicted molar refractivity (Wildman–Crippen MR) is 101 cm³/mol. The summed E-state index contributed by atoms with van der Waals surface area (Å²) in [6.45, 7) is 2.57. The van der Waals surface area contributed by atoms with Crippen molar-refractivity contribution in [2.24, 2.45) is 0 Å². The third kappa shape index (κ3) is 3.99. The summed E-state index contributed by atoms with van der Waals surface area (Å²) in [5.74, 6) is 0.293. The first-order valence-corrected chi connectivity index (χ1v) is 8.93. The summed E-state index contributed by atoms with van der Waals surface area (Å²) >= 11 is 0. The molecule has 2 aromatic carbocycles. The van der Waals surface area contributed by atoms with Gasteiger partial charge < -0.3 is 15.3 Å². The highest BCUT2D eigenvalue weighted by molar-refractivity contribution is 5.74. The summed E-state index contributed by atoms with van der Waals surface area (Å²) in [5.41, 5.74) is 2.81. The Morgan fingerprint density at radius 1 is 0.923 bits per heavy atom. The van der Waals surface area contributed by atoms with Gasteiger partial charge in [-0.05, 0) is 54.3 Å². The van der Waals surface area contributed by atoms with E-state index in [0.29, 0.717) is 17.8 Å². The molecule has 26 heavy (non-hydrogen) atoms. The van der Waals surface area contributed by atoms with Gasteiger partial charge in [0, 0.05) is 6.20 Å². The number of benzene rings is 2. The molecular weight excluding hydrogens is 328 g/mol. The third-order valence-corrected chi connectivity index (χ3v) is 4.44. The number of hydrogen-bond donors (Lipinski definition) is 3. The van der Waals surface area contributed by atoms with E-state index < -0.39 is 0 Å². The van der Waals surface area contributed by atoms with Gasteiger partial charge in [-0.3, -0.25) is 4.68 Å². The smallest absolute Gasteiger partial charge is 0.128 e. The Kier molecular flexibility index (Phi) is 5.46. The molecule has 0 aliphatic carbocycles. The van der Waals surface area contributed by atoms with Crippen molar-refractivity contribution in [3.05, 3.63) is 59.8 Å². The van der Waals surface area contributed by atoms with E-state index in [9.17, 15) is 15.3 Å². The Morgan fingerprint density at radius 3 is 2.38 bits per heavy atom. The molecule has 0 amide bonds. The van der Waals surface area contributed by atoms with Gasteiger partial charge in [-0.2, -0.15) is 5.10 Å². The topological polar surface area (TPSA) is 78.5 Å². The Bertz CT molecular complexity index is 863. The molecule has 0 spiro atoms. The number of rotatable bonds is 7. The lowest BCUT2D eigenvalue weighted by Crippen LogP contribution is -2.04. The molecule has 0 saturated carbocycles. The second-order valence-corrected chi connectivity index (χ2v) is 6.51. The molecule has 1 aromatic heterocycles. The zero-order valence-electron chi connectivity index (χ0n) is 14.9. The number of aromatic hydroxyl groups is 3. The van der Waals surface area contributed by atoms with Crippen LogP contribution in [-0.4, -0.2) is 25.1 Å². The van der Waals surface area contributed by atoms with Crippen LogP contribution in [0.3, 0.4) is 0 Å². The Balaban J connectivity index is 1.89. The standard InChI is InChI=1S/C21H24N2O3/c1-2-3-4-6-15-12-19(25)21(20(26)13-15)18-9-10-22-23(18)14-16-7-5-8-17(24)11-16/h5,7-13,24-26H,2-4,6,14H2,1H3. The number of nitrogens with zero attached hydrogens (tertiary/aromatic N) is 2. The van der Waals surface area contributed by atoms with E-state index in [1.54, 1.807) is 47.3 Å². The second-order valence-electron chi connectivity index (χ2n) is 6.51. The lowest BCUT2D eigenvalue weighted by Gasteiger charge is -2.13. The molecule has 3 N–H and O–H groups in total. The van der Waals surface area contributed by atoms with Crippen LogP contribution < -0.4 is 0 Å². The molecule has 136 valence electrons. The summed E-state index contributed by atoms with van der Waals surface area (Å²) in [4.78, 5) is 0. The van der Waals surface area contributed by atoms with Crippen LogP contribution in [0.5, 0.6) is 17.2 Å². The van der Waals surface area contributed by atoms with Crippen LogP contribution in [-0.2, 0) is 13.0 Å². The maximum atomic E-state index is 10.5. The van der Waals surface area contributed by atoms with Gasteiger partial charge >= 0.3 is 0 Å². The van der Waals surface area contributed by atoms with Crippen LogP contribution >= 0.6 is 0 Å². The van der Waals surface area contributed by atoms with E-state index in [2.05, 4.69) is 12.0 Å². The van der Waals surface area contributed by atoms with Crippen LogP contribution in [0, 0.1) is 0 Å². The number of unbranched alkanes of at least 4 members (excludes halogenated alkanes) is 2. The fourth-order valence-electron chi connectivity index (χ4n) is 3.15. The van der Waals surface area contributed by atoms with Crippen molar-refractivity contribution >= 4 is 0 Å². The monoisotopic (exact) mass is 352 g/mol.